The number of esters is 1. The SMILES string of the molecule is Cc1ccc(C(=O)NCC(=O)O[C@H](C(=O)N2CCOCC2)c2ccccc2)cc1. The van der Waals surface area contributed by atoms with Crippen molar-refractivity contribution in [3.8, 4) is 0 Å². The number of hydrogen-bond donors (Lipinski definition) is 1. The number of carbonyl (C=O) groups is 3. The molecule has 1 atom stereocenters. The quantitative estimate of drug-likeness (QED) is 0.754. The fourth-order valence-corrected chi connectivity index (χ4v) is 2.97. The van der Waals surface area contributed by atoms with Gasteiger partial charge in [0.05, 0.1) is 13.2 Å². The largest absolute Gasteiger partial charge is 0.446 e. The van der Waals surface area contributed by atoms with Crippen molar-refractivity contribution in [3.63, 3.8) is 0 Å². The van der Waals surface area contributed by atoms with Gasteiger partial charge < -0.3 is 19.7 Å². The summed E-state index contributed by atoms with van der Waals surface area (Å²) in [5, 5.41) is 2.54. The Morgan fingerprint density at radius 2 is 1.69 bits per heavy atom. The van der Waals surface area contributed by atoms with Crippen LogP contribution in [-0.4, -0.2) is 55.5 Å². The highest BCUT2D eigenvalue weighted by molar-refractivity contribution is 5.96. The van der Waals surface area contributed by atoms with Gasteiger partial charge in [0.1, 0.15) is 6.54 Å². The molecule has 1 aliphatic rings. The summed E-state index contributed by atoms with van der Waals surface area (Å²) in [5.74, 6) is -1.35. The van der Waals surface area contributed by atoms with Crippen LogP contribution in [0.1, 0.15) is 27.6 Å². The summed E-state index contributed by atoms with van der Waals surface area (Å²) in [5.41, 5.74) is 2.07. The van der Waals surface area contributed by atoms with Gasteiger partial charge in [-0.1, -0.05) is 48.0 Å². The maximum absolute atomic E-state index is 12.9. The lowest BCUT2D eigenvalue weighted by molar-refractivity contribution is -0.162. The van der Waals surface area contributed by atoms with E-state index in [0.29, 0.717) is 37.4 Å². The third kappa shape index (κ3) is 5.65. The average Bonchev–Trinajstić information content (AvgIpc) is 2.77. The van der Waals surface area contributed by atoms with Crippen molar-refractivity contribution in [2.24, 2.45) is 0 Å². The summed E-state index contributed by atoms with van der Waals surface area (Å²) in [6.07, 6.45) is -1.06. The number of carbonyl (C=O) groups excluding carboxylic acids is 3. The minimum atomic E-state index is -1.06. The second-order valence-electron chi connectivity index (χ2n) is 6.77. The van der Waals surface area contributed by atoms with Gasteiger partial charge in [0.25, 0.3) is 11.8 Å². The Morgan fingerprint density at radius 3 is 2.34 bits per heavy atom. The van der Waals surface area contributed by atoms with Crippen LogP contribution in [0, 0.1) is 6.92 Å². The minimum Gasteiger partial charge on any atom is -0.446 e. The lowest BCUT2D eigenvalue weighted by Gasteiger charge is -2.30. The summed E-state index contributed by atoms with van der Waals surface area (Å²) in [4.78, 5) is 39.1. The zero-order valence-corrected chi connectivity index (χ0v) is 16.3. The van der Waals surface area contributed by atoms with Crippen LogP contribution in [0.25, 0.3) is 0 Å². The Labute approximate surface area is 169 Å². The van der Waals surface area contributed by atoms with Gasteiger partial charge >= 0.3 is 5.97 Å². The van der Waals surface area contributed by atoms with Gasteiger partial charge in [0.15, 0.2) is 0 Å². The minimum absolute atomic E-state index is 0.294. The van der Waals surface area contributed by atoms with E-state index in [1.807, 2.05) is 25.1 Å². The molecular weight excluding hydrogens is 372 g/mol. The topological polar surface area (TPSA) is 84.9 Å². The van der Waals surface area contributed by atoms with Crippen LogP contribution < -0.4 is 5.32 Å². The van der Waals surface area contributed by atoms with Gasteiger partial charge in [-0.2, -0.15) is 0 Å². The van der Waals surface area contributed by atoms with Crippen LogP contribution in [0.15, 0.2) is 54.6 Å². The molecule has 0 bridgehead atoms. The molecule has 0 unspecified atom stereocenters. The third-order valence-corrected chi connectivity index (χ3v) is 4.61. The van der Waals surface area contributed by atoms with Crippen molar-refractivity contribution in [2.45, 2.75) is 13.0 Å². The number of morpholine rings is 1. The normalized spacial score (nSPS) is 14.7. The second-order valence-corrected chi connectivity index (χ2v) is 6.77. The van der Waals surface area contributed by atoms with Crippen LogP contribution in [0.2, 0.25) is 0 Å². The van der Waals surface area contributed by atoms with Crippen molar-refractivity contribution in [1.82, 2.24) is 10.2 Å². The molecular formula is C22H24N2O5. The Hall–Kier alpha value is -3.19. The third-order valence-electron chi connectivity index (χ3n) is 4.61. The van der Waals surface area contributed by atoms with Crippen LogP contribution in [0.3, 0.4) is 0 Å². The molecule has 3 rings (SSSR count). The molecule has 7 nitrogen and oxygen atoms in total. The van der Waals surface area contributed by atoms with Crippen molar-refractivity contribution >= 4 is 17.8 Å². The molecule has 0 aromatic heterocycles. The lowest BCUT2D eigenvalue weighted by Crippen LogP contribution is -2.44. The van der Waals surface area contributed by atoms with Crippen molar-refractivity contribution in [3.05, 3.63) is 71.3 Å². The molecule has 29 heavy (non-hydrogen) atoms. The first kappa shape index (κ1) is 20.5. The molecule has 0 aliphatic carbocycles. The van der Waals surface area contributed by atoms with E-state index in [2.05, 4.69) is 5.32 Å². The molecule has 2 aromatic rings. The molecule has 1 saturated heterocycles. The van der Waals surface area contributed by atoms with E-state index in [0.717, 1.165) is 5.56 Å². The number of nitrogens with zero attached hydrogens (tertiary/aromatic N) is 1. The molecule has 2 amide bonds. The van der Waals surface area contributed by atoms with E-state index in [4.69, 9.17) is 9.47 Å². The van der Waals surface area contributed by atoms with Crippen molar-refractivity contribution in [1.29, 1.82) is 0 Å². The van der Waals surface area contributed by atoms with Crippen LogP contribution >= 0.6 is 0 Å². The first-order chi connectivity index (χ1) is 14.0. The van der Waals surface area contributed by atoms with Crippen molar-refractivity contribution < 1.29 is 23.9 Å². The second kappa shape index (κ2) is 9.84. The number of benzene rings is 2. The number of amides is 2. The predicted molar refractivity (Wildman–Crippen MR) is 106 cm³/mol. The Kier molecular flexibility index (Phi) is 6.97. The number of aryl methyl sites for hydroxylation is 1. The summed E-state index contributed by atoms with van der Waals surface area (Å²) in [7, 11) is 0. The summed E-state index contributed by atoms with van der Waals surface area (Å²) < 4.78 is 10.8. The molecule has 2 aromatic carbocycles. The first-order valence-corrected chi connectivity index (χ1v) is 9.50. The monoisotopic (exact) mass is 396 g/mol. The van der Waals surface area contributed by atoms with Gasteiger partial charge in [0, 0.05) is 24.2 Å². The molecule has 0 radical (unpaired) electrons. The Bertz CT molecular complexity index is 845. The Balaban J connectivity index is 1.63. The molecule has 152 valence electrons. The number of rotatable bonds is 6. The summed E-state index contributed by atoms with van der Waals surface area (Å²) in [6, 6.07) is 15.9. The number of nitrogens with one attached hydrogen (secondary N) is 1. The Morgan fingerprint density at radius 1 is 1.03 bits per heavy atom. The summed E-state index contributed by atoms with van der Waals surface area (Å²) in [6.45, 7) is 3.40. The van der Waals surface area contributed by atoms with E-state index < -0.39 is 12.1 Å². The molecule has 1 aliphatic heterocycles. The van der Waals surface area contributed by atoms with Gasteiger partial charge in [-0.3, -0.25) is 14.4 Å². The predicted octanol–water partition coefficient (Wildman–Crippen LogP) is 1.87. The maximum atomic E-state index is 12.9. The lowest BCUT2D eigenvalue weighted by atomic mass is 10.1. The van der Waals surface area contributed by atoms with Crippen molar-refractivity contribution in [2.75, 3.05) is 32.8 Å². The maximum Gasteiger partial charge on any atom is 0.326 e. The smallest absolute Gasteiger partial charge is 0.326 e. The molecule has 1 heterocycles. The molecule has 1 N–H and O–H groups in total. The zero-order valence-electron chi connectivity index (χ0n) is 16.3. The van der Waals surface area contributed by atoms with Crippen LogP contribution in [0.5, 0.6) is 0 Å². The average molecular weight is 396 g/mol. The highest BCUT2D eigenvalue weighted by Crippen LogP contribution is 2.21. The van der Waals surface area contributed by atoms with Crippen LogP contribution in [-0.2, 0) is 19.1 Å². The highest BCUT2D eigenvalue weighted by Gasteiger charge is 2.30. The fraction of sp³-hybridized carbons (Fsp3) is 0.318. The van der Waals surface area contributed by atoms with E-state index >= 15 is 0 Å². The molecule has 7 heteroatoms. The standard InChI is InChI=1S/C22H24N2O5/c1-16-7-9-18(10-8-16)21(26)23-15-19(25)29-20(17-5-3-2-4-6-17)22(27)24-11-13-28-14-12-24/h2-10,20H,11-15H2,1H3,(H,23,26)/t20-/m0/s1. The zero-order chi connectivity index (χ0) is 20.6. The molecule has 0 saturated carbocycles. The van der Waals surface area contributed by atoms with E-state index in [1.165, 1.54) is 0 Å². The van der Waals surface area contributed by atoms with Gasteiger partial charge in [-0.25, -0.2) is 0 Å². The first-order valence-electron chi connectivity index (χ1n) is 9.50. The van der Waals surface area contributed by atoms with Gasteiger partial charge in [-0.05, 0) is 19.1 Å². The van der Waals surface area contributed by atoms with Gasteiger partial charge in [-0.15, -0.1) is 0 Å². The van der Waals surface area contributed by atoms with E-state index in [-0.39, 0.29) is 18.4 Å². The highest BCUT2D eigenvalue weighted by atomic mass is 16.5. The molecule has 1 fully saturated rings. The number of ether oxygens (including phenoxy) is 2. The summed E-state index contributed by atoms with van der Waals surface area (Å²) >= 11 is 0. The van der Waals surface area contributed by atoms with Gasteiger partial charge in [0.2, 0.25) is 6.10 Å². The van der Waals surface area contributed by atoms with E-state index in [9.17, 15) is 14.4 Å². The van der Waals surface area contributed by atoms with E-state index in [1.54, 1.807) is 41.3 Å². The van der Waals surface area contributed by atoms with Crippen LogP contribution in [0.4, 0.5) is 0 Å². The number of hydrogen-bond acceptors (Lipinski definition) is 5. The molecule has 0 spiro atoms. The fourth-order valence-electron chi connectivity index (χ4n) is 2.97.